The second-order valence-electron chi connectivity index (χ2n) is 4.89. The van der Waals surface area contributed by atoms with Gasteiger partial charge in [-0.1, -0.05) is 43.6 Å². The Labute approximate surface area is 105 Å². The third kappa shape index (κ3) is 2.82. The van der Waals surface area contributed by atoms with Gasteiger partial charge in [0.2, 0.25) is 5.89 Å². The van der Waals surface area contributed by atoms with Gasteiger partial charge in [0.15, 0.2) is 5.82 Å². The topological polar surface area (TPSA) is 51.8 Å². The highest BCUT2D eigenvalue weighted by Crippen LogP contribution is 2.20. The van der Waals surface area contributed by atoms with Crippen molar-refractivity contribution in [2.24, 2.45) is 0 Å². The number of halogens is 1. The maximum atomic E-state index is 5.97. The summed E-state index contributed by atoms with van der Waals surface area (Å²) in [5, 5.41) is 4.44. The van der Waals surface area contributed by atoms with E-state index in [4.69, 9.17) is 16.1 Å². The summed E-state index contributed by atoms with van der Waals surface area (Å²) in [4.78, 5) is 8.36. The number of aromatic nitrogens is 3. The van der Waals surface area contributed by atoms with Gasteiger partial charge < -0.3 is 4.52 Å². The van der Waals surface area contributed by atoms with Crippen molar-refractivity contribution in [3.05, 3.63) is 40.8 Å². The third-order valence-electron chi connectivity index (χ3n) is 2.32. The molecule has 0 unspecified atom stereocenters. The number of nitrogens with zero attached hydrogens (tertiary/aromatic N) is 3. The van der Waals surface area contributed by atoms with Crippen LogP contribution in [0.2, 0.25) is 5.15 Å². The molecule has 2 aromatic heterocycles. The van der Waals surface area contributed by atoms with Crippen molar-refractivity contribution in [1.29, 1.82) is 0 Å². The van der Waals surface area contributed by atoms with Gasteiger partial charge in [0.1, 0.15) is 5.15 Å². The van der Waals surface area contributed by atoms with Crippen molar-refractivity contribution in [2.75, 3.05) is 0 Å². The SMILES string of the molecule is CC(C)(C)c1noc(Cc2cccnc2Cl)n1. The van der Waals surface area contributed by atoms with Crippen LogP contribution < -0.4 is 0 Å². The van der Waals surface area contributed by atoms with Gasteiger partial charge in [0.25, 0.3) is 0 Å². The maximum absolute atomic E-state index is 5.97. The molecule has 0 bridgehead atoms. The van der Waals surface area contributed by atoms with Crippen molar-refractivity contribution in [3.8, 4) is 0 Å². The first-order valence-corrected chi connectivity index (χ1v) is 5.77. The van der Waals surface area contributed by atoms with Crippen LogP contribution in [0, 0.1) is 0 Å². The molecule has 2 rings (SSSR count). The second-order valence-corrected chi connectivity index (χ2v) is 5.25. The quantitative estimate of drug-likeness (QED) is 0.770. The van der Waals surface area contributed by atoms with Crippen LogP contribution in [0.15, 0.2) is 22.9 Å². The van der Waals surface area contributed by atoms with E-state index in [2.05, 4.69) is 15.1 Å². The normalized spacial score (nSPS) is 11.8. The molecule has 0 aliphatic carbocycles. The molecule has 0 amide bonds. The molecule has 0 saturated heterocycles. The Morgan fingerprint density at radius 1 is 1.35 bits per heavy atom. The van der Waals surface area contributed by atoms with Gasteiger partial charge in [-0.2, -0.15) is 4.98 Å². The zero-order valence-electron chi connectivity index (χ0n) is 10.1. The number of rotatable bonds is 2. The van der Waals surface area contributed by atoms with E-state index in [1.165, 1.54) is 0 Å². The van der Waals surface area contributed by atoms with Gasteiger partial charge >= 0.3 is 0 Å². The molecule has 0 aliphatic heterocycles. The van der Waals surface area contributed by atoms with Gasteiger partial charge in [-0.05, 0) is 11.6 Å². The van der Waals surface area contributed by atoms with Crippen molar-refractivity contribution < 1.29 is 4.52 Å². The predicted molar refractivity (Wildman–Crippen MR) is 65.1 cm³/mol. The minimum absolute atomic E-state index is 0.111. The fourth-order valence-electron chi connectivity index (χ4n) is 1.35. The fourth-order valence-corrected chi connectivity index (χ4v) is 1.53. The Morgan fingerprint density at radius 3 is 2.71 bits per heavy atom. The van der Waals surface area contributed by atoms with Crippen LogP contribution in [0.5, 0.6) is 0 Å². The molecular formula is C12H14ClN3O. The summed E-state index contributed by atoms with van der Waals surface area (Å²) in [7, 11) is 0. The molecule has 90 valence electrons. The minimum atomic E-state index is -0.111. The number of hydrogen-bond acceptors (Lipinski definition) is 4. The summed E-state index contributed by atoms with van der Waals surface area (Å²) in [6, 6.07) is 3.73. The largest absolute Gasteiger partial charge is 0.339 e. The number of hydrogen-bond donors (Lipinski definition) is 0. The first-order valence-electron chi connectivity index (χ1n) is 5.39. The second kappa shape index (κ2) is 4.45. The van der Waals surface area contributed by atoms with Crippen LogP contribution in [0.25, 0.3) is 0 Å². The van der Waals surface area contributed by atoms with Gasteiger partial charge in [-0.3, -0.25) is 0 Å². The first kappa shape index (κ1) is 12.0. The van der Waals surface area contributed by atoms with Crippen LogP contribution in [-0.2, 0) is 11.8 Å². The van der Waals surface area contributed by atoms with Gasteiger partial charge in [0, 0.05) is 11.6 Å². The summed E-state index contributed by atoms with van der Waals surface area (Å²) in [6.45, 7) is 6.12. The molecule has 0 N–H and O–H groups in total. The molecule has 2 heterocycles. The van der Waals surface area contributed by atoms with Crippen molar-refractivity contribution >= 4 is 11.6 Å². The maximum Gasteiger partial charge on any atom is 0.231 e. The molecule has 0 aromatic carbocycles. The molecule has 17 heavy (non-hydrogen) atoms. The van der Waals surface area contributed by atoms with E-state index in [1.807, 2.05) is 32.9 Å². The Balaban J connectivity index is 2.21. The lowest BCUT2D eigenvalue weighted by atomic mass is 9.96. The van der Waals surface area contributed by atoms with Crippen molar-refractivity contribution in [3.63, 3.8) is 0 Å². The van der Waals surface area contributed by atoms with Gasteiger partial charge in [0.05, 0.1) is 6.42 Å². The van der Waals surface area contributed by atoms with E-state index in [0.29, 0.717) is 23.3 Å². The highest BCUT2D eigenvalue weighted by molar-refractivity contribution is 6.30. The minimum Gasteiger partial charge on any atom is -0.339 e. The summed E-state index contributed by atoms with van der Waals surface area (Å²) >= 11 is 5.97. The van der Waals surface area contributed by atoms with E-state index in [-0.39, 0.29) is 5.41 Å². The highest BCUT2D eigenvalue weighted by atomic mass is 35.5. The van der Waals surface area contributed by atoms with Crippen molar-refractivity contribution in [1.82, 2.24) is 15.1 Å². The monoisotopic (exact) mass is 251 g/mol. The van der Waals surface area contributed by atoms with E-state index >= 15 is 0 Å². The summed E-state index contributed by atoms with van der Waals surface area (Å²) in [5.41, 5.74) is 0.777. The predicted octanol–water partition coefficient (Wildman–Crippen LogP) is 3.01. The smallest absolute Gasteiger partial charge is 0.231 e. The average Bonchev–Trinajstić information content (AvgIpc) is 2.69. The van der Waals surface area contributed by atoms with Gasteiger partial charge in [-0.15, -0.1) is 0 Å². The van der Waals surface area contributed by atoms with E-state index in [9.17, 15) is 0 Å². The average molecular weight is 252 g/mol. The van der Waals surface area contributed by atoms with Gasteiger partial charge in [-0.25, -0.2) is 4.98 Å². The van der Waals surface area contributed by atoms with E-state index in [1.54, 1.807) is 6.20 Å². The summed E-state index contributed by atoms with van der Waals surface area (Å²) < 4.78 is 5.20. The van der Waals surface area contributed by atoms with Crippen LogP contribution in [0.3, 0.4) is 0 Å². The standard InChI is InChI=1S/C12H14ClN3O/c1-12(2,3)11-15-9(17-16-11)7-8-5-4-6-14-10(8)13/h4-6H,7H2,1-3H3. The third-order valence-corrected chi connectivity index (χ3v) is 2.66. The Kier molecular flexibility index (Phi) is 3.15. The summed E-state index contributed by atoms with van der Waals surface area (Å²) in [6.07, 6.45) is 2.16. The molecule has 4 nitrogen and oxygen atoms in total. The van der Waals surface area contributed by atoms with E-state index < -0.39 is 0 Å². The molecular weight excluding hydrogens is 238 g/mol. The lowest BCUT2D eigenvalue weighted by molar-refractivity contribution is 0.368. The Hall–Kier alpha value is -1.42. The van der Waals surface area contributed by atoms with Crippen LogP contribution in [0.1, 0.15) is 38.0 Å². The van der Waals surface area contributed by atoms with Crippen LogP contribution in [-0.4, -0.2) is 15.1 Å². The molecule has 0 spiro atoms. The molecule has 0 aliphatic rings. The van der Waals surface area contributed by atoms with Crippen LogP contribution >= 0.6 is 11.6 Å². The van der Waals surface area contributed by atoms with Crippen molar-refractivity contribution in [2.45, 2.75) is 32.6 Å². The fraction of sp³-hybridized carbons (Fsp3) is 0.417. The van der Waals surface area contributed by atoms with E-state index in [0.717, 1.165) is 5.56 Å². The number of pyridine rings is 1. The molecule has 0 atom stereocenters. The zero-order chi connectivity index (χ0) is 12.5. The molecule has 0 fully saturated rings. The lowest BCUT2D eigenvalue weighted by Crippen LogP contribution is -2.13. The molecule has 2 aromatic rings. The molecule has 0 radical (unpaired) electrons. The Morgan fingerprint density at radius 2 is 2.12 bits per heavy atom. The highest BCUT2D eigenvalue weighted by Gasteiger charge is 2.21. The Bertz CT molecular complexity index is 516. The molecule has 5 heteroatoms. The summed E-state index contributed by atoms with van der Waals surface area (Å²) in [5.74, 6) is 1.26. The zero-order valence-corrected chi connectivity index (χ0v) is 10.8. The van der Waals surface area contributed by atoms with Crippen LogP contribution in [0.4, 0.5) is 0 Å². The first-order chi connectivity index (χ1) is 7.97. The lowest BCUT2D eigenvalue weighted by Gasteiger charge is -2.10. The molecule has 0 saturated carbocycles.